The molecule has 5 heteroatoms. The number of aliphatic hydroxyl groups excluding tert-OH is 1. The minimum Gasteiger partial charge on any atom is -0.504 e. The number of ether oxygens (including phenoxy) is 1. The molecule has 0 radical (unpaired) electrons. The van der Waals surface area contributed by atoms with E-state index in [0.717, 1.165) is 0 Å². The van der Waals surface area contributed by atoms with Crippen LogP contribution < -0.4 is 4.74 Å². The lowest BCUT2D eigenvalue weighted by Gasteiger charge is -2.08. The molecule has 0 amide bonds. The number of rotatable bonds is 4. The van der Waals surface area contributed by atoms with E-state index in [1.165, 1.54) is 19.2 Å². The summed E-state index contributed by atoms with van der Waals surface area (Å²) in [4.78, 5) is 10.8. The van der Waals surface area contributed by atoms with Gasteiger partial charge < -0.3 is 20.1 Å². The van der Waals surface area contributed by atoms with Crippen LogP contribution in [-0.2, 0) is 6.42 Å². The van der Waals surface area contributed by atoms with Crippen LogP contribution in [0, 0.1) is 0 Å². The van der Waals surface area contributed by atoms with Crippen LogP contribution in [0.25, 0.3) is 0 Å². The Morgan fingerprint density at radius 2 is 2.13 bits per heavy atom. The minimum absolute atomic E-state index is 0.0903. The molecule has 1 aromatic carbocycles. The Hall–Kier alpha value is -1.75. The lowest BCUT2D eigenvalue weighted by molar-refractivity contribution is 0.0693. The van der Waals surface area contributed by atoms with Gasteiger partial charge in [-0.3, -0.25) is 0 Å². The summed E-state index contributed by atoms with van der Waals surface area (Å²) < 4.78 is 4.83. The number of hydrogen-bond donors (Lipinski definition) is 3. The lowest BCUT2D eigenvalue weighted by Crippen LogP contribution is -2.01. The van der Waals surface area contributed by atoms with Crippen molar-refractivity contribution in [3.63, 3.8) is 0 Å². The van der Waals surface area contributed by atoms with Crippen LogP contribution in [0.2, 0.25) is 0 Å². The maximum atomic E-state index is 10.8. The highest BCUT2D eigenvalue weighted by molar-refractivity contribution is 5.92. The smallest absolute Gasteiger partial charge is 0.339 e. The highest BCUT2D eigenvalue weighted by Crippen LogP contribution is 2.31. The van der Waals surface area contributed by atoms with E-state index >= 15 is 0 Å². The Bertz CT molecular complexity index is 372. The number of aromatic carboxylic acids is 1. The Labute approximate surface area is 86.5 Å². The van der Waals surface area contributed by atoms with Gasteiger partial charge in [-0.25, -0.2) is 4.79 Å². The number of carboxylic acids is 1. The zero-order valence-electron chi connectivity index (χ0n) is 8.23. The van der Waals surface area contributed by atoms with Gasteiger partial charge in [0.1, 0.15) is 5.56 Å². The molecule has 0 aromatic heterocycles. The lowest BCUT2D eigenvalue weighted by atomic mass is 10.1. The number of phenols is 1. The topological polar surface area (TPSA) is 87.0 Å². The average Bonchev–Trinajstić information content (AvgIpc) is 2.20. The van der Waals surface area contributed by atoms with Crippen molar-refractivity contribution in [3.05, 3.63) is 23.3 Å². The zero-order chi connectivity index (χ0) is 11.4. The number of carboxylic acid groups (broad SMARTS) is 1. The first kappa shape index (κ1) is 11.3. The molecule has 0 heterocycles. The maximum Gasteiger partial charge on any atom is 0.339 e. The SMILES string of the molecule is COc1cc(CCO)cc(C(=O)O)c1O. The predicted octanol–water partition coefficient (Wildman–Crippen LogP) is 0.634. The summed E-state index contributed by atoms with van der Waals surface area (Å²) in [5, 5.41) is 27.0. The van der Waals surface area contributed by atoms with E-state index in [-0.39, 0.29) is 17.9 Å². The largest absolute Gasteiger partial charge is 0.504 e. The van der Waals surface area contributed by atoms with Gasteiger partial charge in [-0.2, -0.15) is 0 Å². The number of aromatic hydroxyl groups is 1. The molecule has 0 saturated carbocycles. The fourth-order valence-corrected chi connectivity index (χ4v) is 1.26. The van der Waals surface area contributed by atoms with Crippen LogP contribution in [0.5, 0.6) is 11.5 Å². The maximum absolute atomic E-state index is 10.8. The molecular weight excluding hydrogens is 200 g/mol. The van der Waals surface area contributed by atoms with Gasteiger partial charge in [-0.15, -0.1) is 0 Å². The number of methoxy groups -OCH3 is 1. The van der Waals surface area contributed by atoms with E-state index in [4.69, 9.17) is 14.9 Å². The fraction of sp³-hybridized carbons (Fsp3) is 0.300. The van der Waals surface area contributed by atoms with Gasteiger partial charge in [0, 0.05) is 6.61 Å². The van der Waals surface area contributed by atoms with E-state index in [9.17, 15) is 9.90 Å². The fourth-order valence-electron chi connectivity index (χ4n) is 1.26. The van der Waals surface area contributed by atoms with Crippen LogP contribution in [0.4, 0.5) is 0 Å². The average molecular weight is 212 g/mol. The molecule has 0 bridgehead atoms. The monoisotopic (exact) mass is 212 g/mol. The van der Waals surface area contributed by atoms with Crippen molar-refractivity contribution in [2.24, 2.45) is 0 Å². The Kier molecular flexibility index (Phi) is 3.51. The Balaban J connectivity index is 3.25. The number of hydrogen-bond acceptors (Lipinski definition) is 4. The molecule has 0 saturated heterocycles. The van der Waals surface area contributed by atoms with Gasteiger partial charge in [-0.05, 0) is 24.1 Å². The van der Waals surface area contributed by atoms with Crippen LogP contribution >= 0.6 is 0 Å². The summed E-state index contributed by atoms with van der Waals surface area (Å²) in [6.07, 6.45) is 0.316. The van der Waals surface area contributed by atoms with Crippen LogP contribution in [0.3, 0.4) is 0 Å². The standard InChI is InChI=1S/C10H12O5/c1-15-8-5-6(2-3-11)4-7(9(8)12)10(13)14/h4-5,11-12H,2-3H2,1H3,(H,13,14). The second-order valence-electron chi connectivity index (χ2n) is 2.97. The molecule has 0 spiro atoms. The summed E-state index contributed by atoms with van der Waals surface area (Å²) >= 11 is 0. The molecule has 0 unspecified atom stereocenters. The van der Waals surface area contributed by atoms with Gasteiger partial charge in [0.2, 0.25) is 0 Å². The van der Waals surface area contributed by atoms with Crippen molar-refractivity contribution in [2.45, 2.75) is 6.42 Å². The molecule has 1 rings (SSSR count). The van der Waals surface area contributed by atoms with Crippen molar-refractivity contribution in [1.82, 2.24) is 0 Å². The van der Waals surface area contributed by atoms with Crippen LogP contribution in [0.1, 0.15) is 15.9 Å². The predicted molar refractivity (Wildman–Crippen MR) is 52.4 cm³/mol. The van der Waals surface area contributed by atoms with Gasteiger partial charge in [0.15, 0.2) is 11.5 Å². The van der Waals surface area contributed by atoms with E-state index in [1.807, 2.05) is 0 Å². The molecule has 0 aliphatic heterocycles. The van der Waals surface area contributed by atoms with Crippen molar-refractivity contribution in [2.75, 3.05) is 13.7 Å². The van der Waals surface area contributed by atoms with Gasteiger partial charge in [0.05, 0.1) is 7.11 Å². The third-order valence-corrected chi connectivity index (χ3v) is 1.99. The second kappa shape index (κ2) is 4.65. The molecular formula is C10H12O5. The van der Waals surface area contributed by atoms with Gasteiger partial charge >= 0.3 is 5.97 Å². The Morgan fingerprint density at radius 1 is 1.47 bits per heavy atom. The normalized spacial score (nSPS) is 10.0. The van der Waals surface area contributed by atoms with Crippen molar-refractivity contribution >= 4 is 5.97 Å². The summed E-state index contributed by atoms with van der Waals surface area (Å²) in [6, 6.07) is 2.81. The first-order valence-corrected chi connectivity index (χ1v) is 4.34. The molecule has 0 fully saturated rings. The summed E-state index contributed by atoms with van der Waals surface area (Å²) in [5.41, 5.74) is 0.377. The van der Waals surface area contributed by atoms with Crippen molar-refractivity contribution in [1.29, 1.82) is 0 Å². The third-order valence-electron chi connectivity index (χ3n) is 1.99. The van der Waals surface area contributed by atoms with Gasteiger partial charge in [0.25, 0.3) is 0 Å². The summed E-state index contributed by atoms with van der Waals surface area (Å²) in [5.74, 6) is -1.53. The van der Waals surface area contributed by atoms with Crippen molar-refractivity contribution < 1.29 is 24.9 Å². The van der Waals surface area contributed by atoms with E-state index in [0.29, 0.717) is 12.0 Å². The van der Waals surface area contributed by atoms with Crippen molar-refractivity contribution in [3.8, 4) is 11.5 Å². The molecule has 0 aliphatic rings. The highest BCUT2D eigenvalue weighted by Gasteiger charge is 2.15. The van der Waals surface area contributed by atoms with E-state index < -0.39 is 11.7 Å². The molecule has 1 aromatic rings. The molecule has 15 heavy (non-hydrogen) atoms. The number of benzene rings is 1. The first-order valence-electron chi connectivity index (χ1n) is 4.34. The van der Waals surface area contributed by atoms with E-state index in [2.05, 4.69) is 0 Å². The molecule has 5 nitrogen and oxygen atoms in total. The minimum atomic E-state index is -1.23. The highest BCUT2D eigenvalue weighted by atomic mass is 16.5. The zero-order valence-corrected chi connectivity index (χ0v) is 8.23. The van der Waals surface area contributed by atoms with Crippen LogP contribution in [-0.4, -0.2) is 35.0 Å². The quantitative estimate of drug-likeness (QED) is 0.681. The van der Waals surface area contributed by atoms with Crippen LogP contribution in [0.15, 0.2) is 12.1 Å². The molecule has 0 aliphatic carbocycles. The van der Waals surface area contributed by atoms with Gasteiger partial charge in [-0.1, -0.05) is 0 Å². The molecule has 0 atom stereocenters. The summed E-state index contributed by atoms with van der Waals surface area (Å²) in [6.45, 7) is -0.0903. The number of aliphatic hydroxyl groups is 1. The molecule has 82 valence electrons. The van der Waals surface area contributed by atoms with E-state index in [1.54, 1.807) is 0 Å². The molecule has 3 N–H and O–H groups in total. The third kappa shape index (κ3) is 2.38. The summed E-state index contributed by atoms with van der Waals surface area (Å²) in [7, 11) is 1.34. The first-order chi connectivity index (χ1) is 7.10. The number of carbonyl (C=O) groups is 1. The second-order valence-corrected chi connectivity index (χ2v) is 2.97. The Morgan fingerprint density at radius 3 is 2.60 bits per heavy atom.